The molecule has 2 nitrogen and oxygen atoms in total. The summed E-state index contributed by atoms with van der Waals surface area (Å²) in [4.78, 5) is 0. The highest BCUT2D eigenvalue weighted by Crippen LogP contribution is 2.27. The van der Waals surface area contributed by atoms with E-state index in [0.717, 1.165) is 17.1 Å². The minimum absolute atomic E-state index is 0.472. The van der Waals surface area contributed by atoms with Gasteiger partial charge >= 0.3 is 0 Å². The van der Waals surface area contributed by atoms with Crippen molar-refractivity contribution >= 4 is 11.6 Å². The molecule has 0 bridgehead atoms. The van der Waals surface area contributed by atoms with Crippen LogP contribution in [0.3, 0.4) is 0 Å². The van der Waals surface area contributed by atoms with Gasteiger partial charge in [-0.1, -0.05) is 41.9 Å². The Morgan fingerprint density at radius 3 is 2.33 bits per heavy atom. The van der Waals surface area contributed by atoms with E-state index in [1.54, 1.807) is 0 Å². The zero-order valence-corrected chi connectivity index (χ0v) is 11.0. The van der Waals surface area contributed by atoms with Crippen molar-refractivity contribution in [2.75, 3.05) is 13.2 Å². The summed E-state index contributed by atoms with van der Waals surface area (Å²) >= 11 is 6.06. The lowest BCUT2D eigenvalue weighted by atomic mass is 10.2. The molecule has 94 valence electrons. The number of rotatable bonds is 5. The fourth-order valence-corrected chi connectivity index (χ4v) is 1.90. The lowest BCUT2D eigenvalue weighted by Crippen LogP contribution is -2.09. The predicted molar refractivity (Wildman–Crippen MR) is 73.6 cm³/mol. The summed E-state index contributed by atoms with van der Waals surface area (Å²) in [5.74, 6) is 1.58. The second-order valence-corrected chi connectivity index (χ2v) is 4.30. The number of hydrogen-bond acceptors (Lipinski definition) is 2. The van der Waals surface area contributed by atoms with E-state index in [2.05, 4.69) is 0 Å². The van der Waals surface area contributed by atoms with Crippen molar-refractivity contribution in [2.45, 2.75) is 6.92 Å². The maximum atomic E-state index is 6.06. The molecule has 3 heteroatoms. The first kappa shape index (κ1) is 12.8. The van der Waals surface area contributed by atoms with Gasteiger partial charge in [0.2, 0.25) is 0 Å². The molecule has 0 saturated heterocycles. The van der Waals surface area contributed by atoms with E-state index in [-0.39, 0.29) is 0 Å². The van der Waals surface area contributed by atoms with Crippen molar-refractivity contribution in [3.05, 3.63) is 59.1 Å². The van der Waals surface area contributed by atoms with Crippen molar-refractivity contribution in [2.24, 2.45) is 0 Å². The van der Waals surface area contributed by atoms with Crippen LogP contribution in [0.25, 0.3) is 0 Å². The van der Waals surface area contributed by atoms with Crippen molar-refractivity contribution in [3.63, 3.8) is 0 Å². The third kappa shape index (κ3) is 3.41. The summed E-state index contributed by atoms with van der Waals surface area (Å²) in [6, 6.07) is 15.4. The van der Waals surface area contributed by atoms with E-state index in [1.165, 1.54) is 0 Å². The number of aryl methyl sites for hydroxylation is 1. The van der Waals surface area contributed by atoms with Crippen molar-refractivity contribution in [3.8, 4) is 11.5 Å². The van der Waals surface area contributed by atoms with Crippen molar-refractivity contribution in [1.82, 2.24) is 0 Å². The second-order valence-electron chi connectivity index (χ2n) is 3.90. The highest BCUT2D eigenvalue weighted by molar-refractivity contribution is 6.32. The van der Waals surface area contributed by atoms with Crippen molar-refractivity contribution < 1.29 is 9.47 Å². The van der Waals surface area contributed by atoms with Gasteiger partial charge in [0.1, 0.15) is 24.7 Å². The molecule has 2 aromatic rings. The van der Waals surface area contributed by atoms with E-state index in [1.807, 2.05) is 55.5 Å². The minimum atomic E-state index is 0.472. The van der Waals surface area contributed by atoms with E-state index < -0.39 is 0 Å². The Bertz CT molecular complexity index is 477. The first-order valence-electron chi connectivity index (χ1n) is 5.83. The largest absolute Gasteiger partial charge is 0.490 e. The van der Waals surface area contributed by atoms with Gasteiger partial charge in [-0.05, 0) is 30.7 Å². The van der Waals surface area contributed by atoms with Gasteiger partial charge in [-0.3, -0.25) is 0 Å². The van der Waals surface area contributed by atoms with E-state index in [4.69, 9.17) is 21.1 Å². The van der Waals surface area contributed by atoms with Crippen LogP contribution < -0.4 is 9.47 Å². The minimum Gasteiger partial charge on any atom is -0.490 e. The number of halogens is 1. The molecule has 0 aliphatic carbocycles. The second kappa shape index (κ2) is 6.31. The molecule has 18 heavy (non-hydrogen) atoms. The Morgan fingerprint density at radius 2 is 1.61 bits per heavy atom. The molecule has 0 radical (unpaired) electrons. The fourth-order valence-electron chi connectivity index (χ4n) is 1.62. The maximum absolute atomic E-state index is 6.06. The Morgan fingerprint density at radius 1 is 0.889 bits per heavy atom. The molecule has 0 fully saturated rings. The molecule has 0 spiro atoms. The summed E-state index contributed by atoms with van der Waals surface area (Å²) in [6.07, 6.45) is 0. The van der Waals surface area contributed by atoms with Gasteiger partial charge in [0.25, 0.3) is 0 Å². The molecular formula is C15H15ClO2. The van der Waals surface area contributed by atoms with E-state index in [0.29, 0.717) is 18.2 Å². The standard InChI is InChI=1S/C15H15ClO2/c1-12-6-5-9-14(16)15(12)18-11-10-17-13-7-3-2-4-8-13/h2-9H,10-11H2,1H3. The Labute approximate surface area is 112 Å². The SMILES string of the molecule is Cc1cccc(Cl)c1OCCOc1ccccc1. The highest BCUT2D eigenvalue weighted by Gasteiger charge is 2.04. The zero-order valence-electron chi connectivity index (χ0n) is 10.2. The lowest BCUT2D eigenvalue weighted by Gasteiger charge is -2.11. The number of ether oxygens (including phenoxy) is 2. The Kier molecular flexibility index (Phi) is 4.48. The van der Waals surface area contributed by atoms with Gasteiger partial charge in [-0.2, -0.15) is 0 Å². The van der Waals surface area contributed by atoms with Crippen LogP contribution in [0.1, 0.15) is 5.56 Å². The third-order valence-electron chi connectivity index (χ3n) is 2.51. The quantitative estimate of drug-likeness (QED) is 0.755. The smallest absolute Gasteiger partial charge is 0.140 e. The molecule has 0 N–H and O–H groups in total. The van der Waals surface area contributed by atoms with Gasteiger partial charge in [0, 0.05) is 0 Å². The van der Waals surface area contributed by atoms with Gasteiger partial charge in [0.15, 0.2) is 0 Å². The van der Waals surface area contributed by atoms with Crippen LogP contribution in [0.2, 0.25) is 5.02 Å². The van der Waals surface area contributed by atoms with Crippen LogP contribution in [-0.4, -0.2) is 13.2 Å². The number of hydrogen-bond donors (Lipinski definition) is 0. The average molecular weight is 263 g/mol. The molecule has 0 unspecified atom stereocenters. The third-order valence-corrected chi connectivity index (χ3v) is 2.80. The number of benzene rings is 2. The summed E-state index contributed by atoms with van der Waals surface area (Å²) in [7, 11) is 0. The van der Waals surface area contributed by atoms with Crippen LogP contribution in [0.5, 0.6) is 11.5 Å². The predicted octanol–water partition coefficient (Wildman–Crippen LogP) is 4.11. The van der Waals surface area contributed by atoms with Crippen molar-refractivity contribution in [1.29, 1.82) is 0 Å². The van der Waals surface area contributed by atoms with Crippen LogP contribution in [0.15, 0.2) is 48.5 Å². The van der Waals surface area contributed by atoms with Crippen LogP contribution in [0.4, 0.5) is 0 Å². The maximum Gasteiger partial charge on any atom is 0.140 e. The Hall–Kier alpha value is -1.67. The summed E-state index contributed by atoms with van der Waals surface area (Å²) < 4.78 is 11.2. The molecular weight excluding hydrogens is 248 g/mol. The summed E-state index contributed by atoms with van der Waals surface area (Å²) in [5, 5.41) is 0.634. The monoisotopic (exact) mass is 262 g/mol. The zero-order chi connectivity index (χ0) is 12.8. The molecule has 0 heterocycles. The molecule has 2 aromatic carbocycles. The molecule has 0 aromatic heterocycles. The van der Waals surface area contributed by atoms with Gasteiger partial charge in [-0.15, -0.1) is 0 Å². The summed E-state index contributed by atoms with van der Waals surface area (Å²) in [6.45, 7) is 2.94. The highest BCUT2D eigenvalue weighted by atomic mass is 35.5. The van der Waals surface area contributed by atoms with E-state index in [9.17, 15) is 0 Å². The molecule has 2 rings (SSSR count). The molecule has 0 aliphatic heterocycles. The van der Waals surface area contributed by atoms with Gasteiger partial charge in [0.05, 0.1) is 5.02 Å². The first-order chi connectivity index (χ1) is 8.77. The van der Waals surface area contributed by atoms with Crippen LogP contribution in [0, 0.1) is 6.92 Å². The average Bonchev–Trinajstić information content (AvgIpc) is 2.38. The first-order valence-corrected chi connectivity index (χ1v) is 6.21. The fraction of sp³-hybridized carbons (Fsp3) is 0.200. The van der Waals surface area contributed by atoms with Crippen LogP contribution in [-0.2, 0) is 0 Å². The van der Waals surface area contributed by atoms with Gasteiger partial charge < -0.3 is 9.47 Å². The molecule has 0 atom stereocenters. The molecule has 0 saturated carbocycles. The summed E-state index contributed by atoms with van der Waals surface area (Å²) in [5.41, 5.74) is 1.03. The number of para-hydroxylation sites is 2. The normalized spacial score (nSPS) is 10.1. The van der Waals surface area contributed by atoms with Crippen LogP contribution >= 0.6 is 11.6 Å². The van der Waals surface area contributed by atoms with Gasteiger partial charge in [-0.25, -0.2) is 0 Å². The topological polar surface area (TPSA) is 18.5 Å². The van der Waals surface area contributed by atoms with E-state index >= 15 is 0 Å². The Balaban J connectivity index is 1.82. The lowest BCUT2D eigenvalue weighted by molar-refractivity contribution is 0.216. The molecule has 0 amide bonds. The molecule has 0 aliphatic rings.